The van der Waals surface area contributed by atoms with Crippen molar-refractivity contribution in [1.29, 1.82) is 0 Å². The van der Waals surface area contributed by atoms with Gasteiger partial charge in [-0.05, 0) is 64.2 Å². The first-order valence-corrected chi connectivity index (χ1v) is 18.3. The van der Waals surface area contributed by atoms with Gasteiger partial charge in [-0.1, -0.05) is 163 Å². The highest BCUT2D eigenvalue weighted by atomic mass is 16.3. The molecule has 0 saturated carbocycles. The van der Waals surface area contributed by atoms with E-state index in [0.717, 1.165) is 70.6 Å². The van der Waals surface area contributed by atoms with Crippen molar-refractivity contribution in [3.05, 3.63) is 85.1 Å². The summed E-state index contributed by atoms with van der Waals surface area (Å²) in [5.74, 6) is -0.0958. The highest BCUT2D eigenvalue weighted by molar-refractivity contribution is 5.76. The lowest BCUT2D eigenvalue weighted by Crippen LogP contribution is -2.45. The summed E-state index contributed by atoms with van der Waals surface area (Å²) in [7, 11) is 0. The van der Waals surface area contributed by atoms with E-state index in [4.69, 9.17) is 0 Å². The molecule has 4 heteroatoms. The van der Waals surface area contributed by atoms with E-state index >= 15 is 0 Å². The van der Waals surface area contributed by atoms with Crippen LogP contribution in [-0.2, 0) is 4.79 Å². The fourth-order valence-electron chi connectivity index (χ4n) is 4.88. The first-order valence-electron chi connectivity index (χ1n) is 18.3. The number of rotatable bonds is 31. The molecular weight excluding hydrogens is 554 g/mol. The zero-order valence-electron chi connectivity index (χ0n) is 29.1. The Hall–Kier alpha value is -2.43. The number of nitrogens with one attached hydrogen (secondary N) is 1. The Morgan fingerprint density at radius 2 is 0.956 bits per heavy atom. The van der Waals surface area contributed by atoms with E-state index in [1.54, 1.807) is 0 Å². The van der Waals surface area contributed by atoms with E-state index in [1.807, 2.05) is 0 Å². The smallest absolute Gasteiger partial charge is 0.220 e. The van der Waals surface area contributed by atoms with Crippen molar-refractivity contribution < 1.29 is 15.0 Å². The number of aliphatic hydroxyl groups excluding tert-OH is 2. The first kappa shape index (κ1) is 42.6. The second-order valence-electron chi connectivity index (χ2n) is 11.9. The van der Waals surface area contributed by atoms with Gasteiger partial charge in [-0.3, -0.25) is 4.79 Å². The Morgan fingerprint density at radius 1 is 0.556 bits per heavy atom. The second-order valence-corrected chi connectivity index (χ2v) is 11.9. The molecule has 0 radical (unpaired) electrons. The van der Waals surface area contributed by atoms with E-state index in [-0.39, 0.29) is 12.5 Å². The van der Waals surface area contributed by atoms with Gasteiger partial charge in [0.15, 0.2) is 0 Å². The van der Waals surface area contributed by atoms with Crippen molar-refractivity contribution in [2.24, 2.45) is 0 Å². The first-order chi connectivity index (χ1) is 22.2. The Kier molecular flexibility index (Phi) is 34.1. The summed E-state index contributed by atoms with van der Waals surface area (Å²) in [5.41, 5.74) is 0. The number of allylic oxidation sites excluding steroid dienone is 14. The Morgan fingerprint density at radius 3 is 1.38 bits per heavy atom. The van der Waals surface area contributed by atoms with Gasteiger partial charge in [0.25, 0.3) is 0 Å². The fraction of sp³-hybridized carbons (Fsp3) is 0.634. The van der Waals surface area contributed by atoms with Crippen LogP contribution in [0.5, 0.6) is 0 Å². The number of hydrogen-bond acceptors (Lipinski definition) is 3. The molecule has 1 amide bonds. The third kappa shape index (κ3) is 32.8. The third-order valence-corrected chi connectivity index (χ3v) is 7.67. The molecular formula is C41H69NO3. The average molecular weight is 624 g/mol. The maximum Gasteiger partial charge on any atom is 0.220 e. The van der Waals surface area contributed by atoms with Crippen LogP contribution in [-0.4, -0.2) is 34.9 Å². The number of aliphatic hydroxyl groups is 2. The van der Waals surface area contributed by atoms with Crippen LogP contribution >= 0.6 is 0 Å². The Balaban J connectivity index is 3.77. The van der Waals surface area contributed by atoms with Gasteiger partial charge in [0.05, 0.1) is 18.8 Å². The summed E-state index contributed by atoms with van der Waals surface area (Å²) in [6, 6.07) is -0.570. The van der Waals surface area contributed by atoms with Crippen LogP contribution in [0.25, 0.3) is 0 Å². The minimum atomic E-state index is -0.686. The molecule has 0 fully saturated rings. The Labute approximate surface area is 278 Å². The van der Waals surface area contributed by atoms with Crippen molar-refractivity contribution in [3.8, 4) is 0 Å². The fourth-order valence-corrected chi connectivity index (χ4v) is 4.88. The predicted molar refractivity (Wildman–Crippen MR) is 197 cm³/mol. The van der Waals surface area contributed by atoms with E-state index in [0.29, 0.717) is 12.8 Å². The summed E-state index contributed by atoms with van der Waals surface area (Å²) in [5, 5.41) is 22.9. The molecule has 2 unspecified atom stereocenters. The number of carbonyl (C=O) groups excluding carboxylic acids is 1. The minimum absolute atomic E-state index is 0.0958. The molecule has 0 spiro atoms. The molecule has 0 aliphatic rings. The SMILES string of the molecule is CC/C=C\C/C=C\C/C=C\C/C=C\C/C=C\C/C=C\C/C=C\CCCC(=O)NC(CO)C(O)CCCCCCCCCCCC. The van der Waals surface area contributed by atoms with Gasteiger partial charge in [0, 0.05) is 6.42 Å². The van der Waals surface area contributed by atoms with E-state index in [9.17, 15) is 15.0 Å². The van der Waals surface area contributed by atoms with Gasteiger partial charge in [0.2, 0.25) is 5.91 Å². The summed E-state index contributed by atoms with van der Waals surface area (Å²) in [6.07, 6.45) is 52.1. The van der Waals surface area contributed by atoms with Crippen LogP contribution in [0.15, 0.2) is 85.1 Å². The summed E-state index contributed by atoms with van der Waals surface area (Å²) in [4.78, 5) is 12.3. The zero-order valence-corrected chi connectivity index (χ0v) is 29.1. The standard InChI is InChI=1S/C41H69NO3/c1-3-5-7-9-11-13-15-16-17-18-19-20-21-22-23-24-25-26-27-29-31-33-35-37-41(45)42-39(38-43)40(44)36-34-32-30-28-14-12-10-8-6-4-2/h5,7,11,13,16-17,19-20,22-23,25-26,29,31,39-40,43-44H,3-4,6,8-10,12,14-15,18,21,24,27-28,30,32-38H2,1-2H3,(H,42,45)/b7-5-,13-11-,17-16-,20-19-,23-22-,26-25-,31-29-. The molecule has 0 aliphatic heterocycles. The van der Waals surface area contributed by atoms with Gasteiger partial charge < -0.3 is 15.5 Å². The van der Waals surface area contributed by atoms with E-state index in [2.05, 4.69) is 104 Å². The number of carbonyl (C=O) groups is 1. The Bertz CT molecular complexity index is 849. The van der Waals surface area contributed by atoms with E-state index in [1.165, 1.54) is 51.4 Å². The van der Waals surface area contributed by atoms with E-state index < -0.39 is 12.1 Å². The molecule has 256 valence electrons. The molecule has 0 aliphatic carbocycles. The van der Waals surface area contributed by atoms with Crippen molar-refractivity contribution in [3.63, 3.8) is 0 Å². The van der Waals surface area contributed by atoms with Crippen LogP contribution in [0.2, 0.25) is 0 Å². The van der Waals surface area contributed by atoms with Crippen LogP contribution in [0.3, 0.4) is 0 Å². The molecule has 0 rings (SSSR count). The van der Waals surface area contributed by atoms with Crippen LogP contribution in [0.4, 0.5) is 0 Å². The zero-order chi connectivity index (χ0) is 32.9. The predicted octanol–water partition coefficient (Wildman–Crippen LogP) is 10.9. The van der Waals surface area contributed by atoms with Crippen LogP contribution in [0.1, 0.15) is 149 Å². The second kappa shape index (κ2) is 36.0. The number of unbranched alkanes of at least 4 members (excludes halogenated alkanes) is 10. The van der Waals surface area contributed by atoms with Gasteiger partial charge in [0.1, 0.15) is 0 Å². The molecule has 0 aromatic carbocycles. The monoisotopic (exact) mass is 624 g/mol. The minimum Gasteiger partial charge on any atom is -0.394 e. The summed E-state index contributed by atoms with van der Waals surface area (Å²) < 4.78 is 0. The largest absolute Gasteiger partial charge is 0.394 e. The highest BCUT2D eigenvalue weighted by Gasteiger charge is 2.19. The summed E-state index contributed by atoms with van der Waals surface area (Å²) >= 11 is 0. The molecule has 0 bridgehead atoms. The lowest BCUT2D eigenvalue weighted by atomic mass is 10.0. The molecule has 0 saturated heterocycles. The molecule has 4 nitrogen and oxygen atoms in total. The maximum absolute atomic E-state index is 12.3. The molecule has 0 aromatic heterocycles. The van der Waals surface area contributed by atoms with Gasteiger partial charge in [-0.15, -0.1) is 0 Å². The normalized spacial score (nSPS) is 14.1. The van der Waals surface area contributed by atoms with Crippen molar-refractivity contribution in [2.75, 3.05) is 6.61 Å². The molecule has 0 heterocycles. The molecule has 2 atom stereocenters. The van der Waals surface area contributed by atoms with Crippen LogP contribution < -0.4 is 5.32 Å². The van der Waals surface area contributed by atoms with Crippen molar-refractivity contribution in [1.82, 2.24) is 5.32 Å². The maximum atomic E-state index is 12.3. The summed E-state index contributed by atoms with van der Waals surface area (Å²) in [6.45, 7) is 4.18. The average Bonchev–Trinajstić information content (AvgIpc) is 3.04. The van der Waals surface area contributed by atoms with Crippen LogP contribution in [0, 0.1) is 0 Å². The van der Waals surface area contributed by atoms with Crippen molar-refractivity contribution >= 4 is 5.91 Å². The van der Waals surface area contributed by atoms with Gasteiger partial charge in [-0.2, -0.15) is 0 Å². The molecule has 0 aromatic rings. The number of hydrogen-bond donors (Lipinski definition) is 3. The van der Waals surface area contributed by atoms with Gasteiger partial charge >= 0.3 is 0 Å². The quantitative estimate of drug-likeness (QED) is 0.0531. The topological polar surface area (TPSA) is 69.6 Å². The lowest BCUT2D eigenvalue weighted by Gasteiger charge is -2.22. The highest BCUT2D eigenvalue weighted by Crippen LogP contribution is 2.13. The number of amides is 1. The molecule has 45 heavy (non-hydrogen) atoms. The van der Waals surface area contributed by atoms with Crippen molar-refractivity contribution in [2.45, 2.75) is 161 Å². The van der Waals surface area contributed by atoms with Gasteiger partial charge in [-0.25, -0.2) is 0 Å². The lowest BCUT2D eigenvalue weighted by molar-refractivity contribution is -0.123. The molecule has 3 N–H and O–H groups in total. The third-order valence-electron chi connectivity index (χ3n) is 7.67.